The van der Waals surface area contributed by atoms with E-state index in [2.05, 4.69) is 24.8 Å². The van der Waals surface area contributed by atoms with E-state index in [1.165, 1.54) is 12.8 Å². The first kappa shape index (κ1) is 24.9. The van der Waals surface area contributed by atoms with Gasteiger partial charge in [0.25, 0.3) is 0 Å². The van der Waals surface area contributed by atoms with Gasteiger partial charge in [0, 0.05) is 51.4 Å². The highest BCUT2D eigenvalue weighted by atomic mass is 32.2. The Kier molecular flexibility index (Phi) is 9.36. The lowest BCUT2D eigenvalue weighted by Gasteiger charge is -2.37. The molecule has 9 nitrogen and oxygen atoms in total. The van der Waals surface area contributed by atoms with Crippen LogP contribution >= 0.6 is 0 Å². The number of aliphatic imine (C=N–C) groups is 1. The smallest absolute Gasteiger partial charge is 0.236 e. The molecule has 2 N–H and O–H groups in total. The van der Waals surface area contributed by atoms with Crippen molar-refractivity contribution in [3.63, 3.8) is 0 Å². The summed E-state index contributed by atoms with van der Waals surface area (Å²) in [5.74, 6) is 1.04. The molecule has 0 saturated carbocycles. The number of likely N-dealkylation sites (tertiary alicyclic amines) is 1. The van der Waals surface area contributed by atoms with E-state index in [4.69, 9.17) is 0 Å². The maximum atomic E-state index is 12.6. The molecule has 0 radical (unpaired) electrons. The quantitative estimate of drug-likeness (QED) is 0.433. The molecule has 1 amide bonds. The molecule has 10 heteroatoms. The predicted octanol–water partition coefficient (Wildman–Crippen LogP) is 0.300. The van der Waals surface area contributed by atoms with E-state index in [1.54, 1.807) is 0 Å². The summed E-state index contributed by atoms with van der Waals surface area (Å²) >= 11 is 0. The highest BCUT2D eigenvalue weighted by molar-refractivity contribution is 7.88. The summed E-state index contributed by atoms with van der Waals surface area (Å²) in [7, 11) is -3.29. The number of carbonyl (C=O) groups is 1. The third kappa shape index (κ3) is 8.77. The summed E-state index contributed by atoms with van der Waals surface area (Å²) in [6.07, 6.45) is 5.85. The SMILES string of the molecule is CCNC(=NCC(C)(C)NS(C)(=O)=O)N1CCN(CC(=O)N2CCCCCC2)CC1. The summed E-state index contributed by atoms with van der Waals surface area (Å²) < 4.78 is 25.7. The van der Waals surface area contributed by atoms with E-state index in [1.807, 2.05) is 25.7 Å². The fourth-order valence-electron chi connectivity index (χ4n) is 3.96. The third-order valence-electron chi connectivity index (χ3n) is 5.41. The minimum atomic E-state index is -3.29. The molecule has 0 unspecified atom stereocenters. The number of nitrogens with zero attached hydrogens (tertiary/aromatic N) is 4. The summed E-state index contributed by atoms with van der Waals surface area (Å²) in [5.41, 5.74) is -0.657. The fraction of sp³-hybridized carbons (Fsp3) is 0.900. The van der Waals surface area contributed by atoms with Crippen molar-refractivity contribution in [2.45, 2.75) is 52.0 Å². The number of sulfonamides is 1. The summed E-state index contributed by atoms with van der Waals surface area (Å²) in [6.45, 7) is 12.3. The molecule has 0 spiro atoms. The van der Waals surface area contributed by atoms with Crippen molar-refractivity contribution in [1.82, 2.24) is 24.7 Å². The largest absolute Gasteiger partial charge is 0.357 e. The summed E-state index contributed by atoms with van der Waals surface area (Å²) in [6, 6.07) is 0. The second kappa shape index (κ2) is 11.3. The van der Waals surface area contributed by atoms with Gasteiger partial charge in [-0.2, -0.15) is 0 Å². The van der Waals surface area contributed by atoms with Gasteiger partial charge in [-0.05, 0) is 33.6 Å². The monoisotopic (exact) mass is 444 g/mol. The topological polar surface area (TPSA) is 97.3 Å². The first-order valence-corrected chi connectivity index (χ1v) is 13.0. The van der Waals surface area contributed by atoms with Crippen LogP contribution in [0.4, 0.5) is 0 Å². The van der Waals surface area contributed by atoms with Crippen molar-refractivity contribution < 1.29 is 13.2 Å². The van der Waals surface area contributed by atoms with Crippen LogP contribution in [-0.2, 0) is 14.8 Å². The zero-order valence-electron chi connectivity index (χ0n) is 19.1. The van der Waals surface area contributed by atoms with E-state index in [9.17, 15) is 13.2 Å². The van der Waals surface area contributed by atoms with Gasteiger partial charge in [-0.3, -0.25) is 14.7 Å². The Morgan fingerprint density at radius 1 is 0.967 bits per heavy atom. The number of nitrogens with one attached hydrogen (secondary N) is 2. The molecule has 2 aliphatic heterocycles. The average Bonchev–Trinajstić information content (AvgIpc) is 2.93. The molecule has 0 aliphatic carbocycles. The minimum absolute atomic E-state index is 0.250. The fourth-order valence-corrected chi connectivity index (χ4v) is 5.03. The van der Waals surface area contributed by atoms with Crippen LogP contribution in [0.15, 0.2) is 4.99 Å². The first-order chi connectivity index (χ1) is 14.1. The Morgan fingerprint density at radius 3 is 2.10 bits per heavy atom. The van der Waals surface area contributed by atoms with Crippen molar-refractivity contribution in [1.29, 1.82) is 0 Å². The number of carbonyl (C=O) groups excluding carboxylic acids is 1. The Morgan fingerprint density at radius 2 is 1.57 bits per heavy atom. The van der Waals surface area contributed by atoms with Crippen molar-refractivity contribution in [2.24, 2.45) is 4.99 Å². The molecule has 0 aromatic rings. The lowest BCUT2D eigenvalue weighted by Crippen LogP contribution is -2.55. The van der Waals surface area contributed by atoms with Gasteiger partial charge >= 0.3 is 0 Å². The van der Waals surface area contributed by atoms with Crippen LogP contribution in [0.25, 0.3) is 0 Å². The molecule has 2 rings (SSSR count). The van der Waals surface area contributed by atoms with Crippen LogP contribution in [0.3, 0.4) is 0 Å². The Balaban J connectivity index is 1.87. The van der Waals surface area contributed by atoms with E-state index in [0.29, 0.717) is 13.1 Å². The second-order valence-electron chi connectivity index (χ2n) is 8.99. The lowest BCUT2D eigenvalue weighted by atomic mass is 10.1. The average molecular weight is 445 g/mol. The van der Waals surface area contributed by atoms with Crippen molar-refractivity contribution in [3.05, 3.63) is 0 Å². The van der Waals surface area contributed by atoms with Crippen LogP contribution in [0.2, 0.25) is 0 Å². The summed E-state index contributed by atoms with van der Waals surface area (Å²) in [4.78, 5) is 23.8. The Hall–Kier alpha value is -1.39. The van der Waals surface area contributed by atoms with E-state index >= 15 is 0 Å². The molecular formula is C20H40N6O3S. The van der Waals surface area contributed by atoms with Gasteiger partial charge in [0.1, 0.15) is 0 Å². The molecule has 2 aliphatic rings. The molecule has 0 bridgehead atoms. The number of guanidine groups is 1. The van der Waals surface area contributed by atoms with Gasteiger partial charge in [0.05, 0.1) is 19.3 Å². The molecule has 0 atom stereocenters. The molecular weight excluding hydrogens is 404 g/mol. The number of hydrogen-bond donors (Lipinski definition) is 2. The maximum absolute atomic E-state index is 12.6. The van der Waals surface area contributed by atoms with Gasteiger partial charge in [-0.15, -0.1) is 0 Å². The molecule has 2 fully saturated rings. The molecule has 174 valence electrons. The number of amides is 1. The minimum Gasteiger partial charge on any atom is -0.357 e. The summed E-state index contributed by atoms with van der Waals surface area (Å²) in [5, 5.41) is 3.31. The van der Waals surface area contributed by atoms with Gasteiger partial charge in [0.15, 0.2) is 5.96 Å². The standard InChI is InChI=1S/C20H40N6O3S/c1-5-21-19(22-17-20(2,3)23-30(4,28)29)26-14-12-24(13-15-26)16-18(27)25-10-8-6-7-9-11-25/h23H,5-17H2,1-4H3,(H,21,22). The molecule has 0 aromatic carbocycles. The van der Waals surface area contributed by atoms with Crippen molar-refractivity contribution in [2.75, 3.05) is 65.2 Å². The third-order valence-corrected chi connectivity index (χ3v) is 6.33. The lowest BCUT2D eigenvalue weighted by molar-refractivity contribution is -0.132. The van der Waals surface area contributed by atoms with Crippen molar-refractivity contribution in [3.8, 4) is 0 Å². The van der Waals surface area contributed by atoms with Crippen LogP contribution in [0.1, 0.15) is 46.5 Å². The van der Waals surface area contributed by atoms with E-state index < -0.39 is 15.6 Å². The zero-order chi connectivity index (χ0) is 22.2. The molecule has 2 saturated heterocycles. The normalized spacial score (nSPS) is 20.2. The molecule has 0 aromatic heterocycles. The van der Waals surface area contributed by atoms with Gasteiger partial charge in [-0.25, -0.2) is 13.1 Å². The highest BCUT2D eigenvalue weighted by Crippen LogP contribution is 2.11. The number of hydrogen-bond acceptors (Lipinski definition) is 5. The van der Waals surface area contributed by atoms with Gasteiger partial charge in [-0.1, -0.05) is 12.8 Å². The maximum Gasteiger partial charge on any atom is 0.236 e. The van der Waals surface area contributed by atoms with E-state index in [-0.39, 0.29) is 5.91 Å². The number of piperazine rings is 1. The molecule has 30 heavy (non-hydrogen) atoms. The predicted molar refractivity (Wildman–Crippen MR) is 121 cm³/mol. The zero-order valence-corrected chi connectivity index (χ0v) is 19.9. The Bertz CT molecular complexity index is 679. The van der Waals surface area contributed by atoms with Crippen LogP contribution in [-0.4, -0.2) is 106 Å². The molecule has 2 heterocycles. The highest BCUT2D eigenvalue weighted by Gasteiger charge is 2.25. The second-order valence-corrected chi connectivity index (χ2v) is 10.7. The number of rotatable bonds is 7. The van der Waals surface area contributed by atoms with Crippen LogP contribution in [0, 0.1) is 0 Å². The van der Waals surface area contributed by atoms with Crippen molar-refractivity contribution >= 4 is 21.9 Å². The van der Waals surface area contributed by atoms with Gasteiger partial charge in [0.2, 0.25) is 15.9 Å². The van der Waals surface area contributed by atoms with Gasteiger partial charge < -0.3 is 15.1 Å². The van der Waals surface area contributed by atoms with E-state index in [0.717, 1.165) is 70.9 Å². The first-order valence-electron chi connectivity index (χ1n) is 11.1. The van der Waals surface area contributed by atoms with Crippen LogP contribution in [0.5, 0.6) is 0 Å². The Labute approximate surface area is 182 Å². The van der Waals surface area contributed by atoms with Crippen LogP contribution < -0.4 is 10.0 Å².